The summed E-state index contributed by atoms with van der Waals surface area (Å²) in [6, 6.07) is -0.112. The summed E-state index contributed by atoms with van der Waals surface area (Å²) >= 11 is 0. The Bertz CT molecular complexity index is 515. The molecule has 2 atom stereocenters. The van der Waals surface area contributed by atoms with Crippen LogP contribution in [0.5, 0.6) is 0 Å². The fraction of sp³-hybridized carbons (Fsp3) is 0.933. The Hall–Kier alpha value is -0.700. The van der Waals surface area contributed by atoms with Crippen molar-refractivity contribution in [1.82, 2.24) is 13.9 Å². The molecular formula is C15H29N3O4S. The van der Waals surface area contributed by atoms with Gasteiger partial charge in [-0.2, -0.15) is 17.0 Å². The lowest BCUT2D eigenvalue weighted by atomic mass is 9.91. The van der Waals surface area contributed by atoms with Gasteiger partial charge in [0.25, 0.3) is 10.2 Å². The maximum Gasteiger partial charge on any atom is 0.282 e. The predicted octanol–water partition coefficient (Wildman–Crippen LogP) is 0.435. The third kappa shape index (κ3) is 4.23. The van der Waals surface area contributed by atoms with Crippen LogP contribution in [0.15, 0.2) is 0 Å². The second-order valence-electron chi connectivity index (χ2n) is 6.87. The van der Waals surface area contributed by atoms with Crippen LogP contribution in [0.4, 0.5) is 0 Å². The van der Waals surface area contributed by atoms with Crippen molar-refractivity contribution in [3.8, 4) is 0 Å². The molecule has 0 saturated carbocycles. The molecule has 134 valence electrons. The molecule has 2 aliphatic heterocycles. The second-order valence-corrected chi connectivity index (χ2v) is 8.80. The quantitative estimate of drug-likeness (QED) is 0.782. The van der Waals surface area contributed by atoms with Gasteiger partial charge in [0, 0.05) is 46.3 Å². The van der Waals surface area contributed by atoms with Gasteiger partial charge < -0.3 is 10.1 Å². The molecule has 0 aliphatic carbocycles. The van der Waals surface area contributed by atoms with E-state index in [2.05, 4.69) is 19.2 Å². The molecule has 1 amide bonds. The van der Waals surface area contributed by atoms with E-state index >= 15 is 0 Å². The number of amides is 1. The molecule has 8 heteroatoms. The average Bonchev–Trinajstić information content (AvgIpc) is 2.91. The van der Waals surface area contributed by atoms with Crippen molar-refractivity contribution in [2.24, 2.45) is 11.8 Å². The monoisotopic (exact) mass is 347 g/mol. The molecule has 23 heavy (non-hydrogen) atoms. The number of carbonyl (C=O) groups is 1. The van der Waals surface area contributed by atoms with E-state index in [-0.39, 0.29) is 24.0 Å². The fourth-order valence-electron chi connectivity index (χ4n) is 3.53. The third-order valence-corrected chi connectivity index (χ3v) is 6.93. The van der Waals surface area contributed by atoms with Gasteiger partial charge in [-0.3, -0.25) is 4.79 Å². The van der Waals surface area contributed by atoms with Crippen LogP contribution in [0.3, 0.4) is 0 Å². The zero-order valence-electron chi connectivity index (χ0n) is 14.5. The van der Waals surface area contributed by atoms with Gasteiger partial charge in [-0.15, -0.1) is 0 Å². The largest absolute Gasteiger partial charge is 0.381 e. The van der Waals surface area contributed by atoms with E-state index in [1.807, 2.05) is 0 Å². The summed E-state index contributed by atoms with van der Waals surface area (Å²) in [5.41, 5.74) is 0. The van der Waals surface area contributed by atoms with E-state index in [1.165, 1.54) is 11.2 Å². The lowest BCUT2D eigenvalue weighted by molar-refractivity contribution is -0.119. The number of hydrogen-bond acceptors (Lipinski definition) is 4. The first-order valence-corrected chi connectivity index (χ1v) is 9.70. The van der Waals surface area contributed by atoms with E-state index in [9.17, 15) is 13.2 Å². The highest BCUT2D eigenvalue weighted by Gasteiger charge is 2.43. The highest BCUT2D eigenvalue weighted by Crippen LogP contribution is 2.29. The molecule has 0 bridgehead atoms. The smallest absolute Gasteiger partial charge is 0.282 e. The van der Waals surface area contributed by atoms with Crippen molar-refractivity contribution in [3.63, 3.8) is 0 Å². The maximum absolute atomic E-state index is 12.9. The van der Waals surface area contributed by atoms with Crippen LogP contribution in [-0.2, 0) is 19.7 Å². The zero-order chi connectivity index (χ0) is 17.2. The van der Waals surface area contributed by atoms with Crippen LogP contribution in [0.25, 0.3) is 0 Å². The van der Waals surface area contributed by atoms with Crippen molar-refractivity contribution in [2.45, 2.75) is 45.8 Å². The number of piperidine rings is 1. The SMILES string of the molecule is COC1CCN(S(=O)(=O)N2C[C@H](NC(C)=O)[C@@H](C(C)C)C2)CC1. The average molecular weight is 347 g/mol. The summed E-state index contributed by atoms with van der Waals surface area (Å²) in [4.78, 5) is 11.4. The van der Waals surface area contributed by atoms with Gasteiger partial charge in [0.05, 0.1) is 6.10 Å². The lowest BCUT2D eigenvalue weighted by Crippen LogP contribution is -2.48. The standard InChI is InChI=1S/C15H29N3O4S/c1-11(2)14-9-18(10-15(14)16-12(3)19)23(20,21)17-7-5-13(22-4)6-8-17/h11,13-15H,5-10H2,1-4H3,(H,16,19)/t14-,15+/m1/s1. The molecule has 0 aromatic carbocycles. The molecule has 2 aliphatic rings. The number of nitrogens with one attached hydrogen (secondary N) is 1. The first-order chi connectivity index (χ1) is 10.8. The summed E-state index contributed by atoms with van der Waals surface area (Å²) < 4.78 is 34.2. The van der Waals surface area contributed by atoms with E-state index < -0.39 is 10.2 Å². The summed E-state index contributed by atoms with van der Waals surface area (Å²) in [5.74, 6) is 0.345. The Morgan fingerprint density at radius 1 is 1.17 bits per heavy atom. The van der Waals surface area contributed by atoms with E-state index in [0.717, 1.165) is 12.8 Å². The minimum absolute atomic E-state index is 0.110. The van der Waals surface area contributed by atoms with E-state index in [0.29, 0.717) is 32.1 Å². The van der Waals surface area contributed by atoms with Crippen molar-refractivity contribution >= 4 is 16.1 Å². The molecule has 1 N–H and O–H groups in total. The Balaban J connectivity index is 2.07. The van der Waals surface area contributed by atoms with Gasteiger partial charge in [0.15, 0.2) is 0 Å². The van der Waals surface area contributed by atoms with Crippen molar-refractivity contribution < 1.29 is 17.9 Å². The van der Waals surface area contributed by atoms with E-state index in [1.54, 1.807) is 11.4 Å². The Labute approximate surface area is 139 Å². The molecule has 7 nitrogen and oxygen atoms in total. The first-order valence-electron chi connectivity index (χ1n) is 8.30. The number of hydrogen-bond donors (Lipinski definition) is 1. The van der Waals surface area contributed by atoms with Crippen LogP contribution in [0.2, 0.25) is 0 Å². The number of methoxy groups -OCH3 is 1. The molecule has 0 aromatic rings. The summed E-state index contributed by atoms with van der Waals surface area (Å²) in [7, 11) is -1.80. The lowest BCUT2D eigenvalue weighted by Gasteiger charge is -2.33. The van der Waals surface area contributed by atoms with Gasteiger partial charge in [-0.25, -0.2) is 0 Å². The number of nitrogens with zero attached hydrogens (tertiary/aromatic N) is 2. The van der Waals surface area contributed by atoms with Crippen LogP contribution in [0.1, 0.15) is 33.6 Å². The highest BCUT2D eigenvalue weighted by molar-refractivity contribution is 7.86. The van der Waals surface area contributed by atoms with Crippen molar-refractivity contribution in [3.05, 3.63) is 0 Å². The molecule has 2 saturated heterocycles. The van der Waals surface area contributed by atoms with Gasteiger partial charge in [-0.05, 0) is 24.7 Å². The Morgan fingerprint density at radius 2 is 1.78 bits per heavy atom. The normalized spacial score (nSPS) is 28.4. The van der Waals surface area contributed by atoms with Crippen molar-refractivity contribution in [1.29, 1.82) is 0 Å². The maximum atomic E-state index is 12.9. The highest BCUT2D eigenvalue weighted by atomic mass is 32.2. The predicted molar refractivity (Wildman–Crippen MR) is 88.0 cm³/mol. The Morgan fingerprint density at radius 3 is 2.26 bits per heavy atom. The summed E-state index contributed by atoms with van der Waals surface area (Å²) in [6.45, 7) is 7.43. The van der Waals surface area contributed by atoms with Gasteiger partial charge in [0.1, 0.15) is 0 Å². The molecule has 0 spiro atoms. The third-order valence-electron chi connectivity index (χ3n) is 4.96. The van der Waals surface area contributed by atoms with Crippen LogP contribution in [0, 0.1) is 11.8 Å². The van der Waals surface area contributed by atoms with Crippen LogP contribution < -0.4 is 5.32 Å². The van der Waals surface area contributed by atoms with Gasteiger partial charge in [-0.1, -0.05) is 13.8 Å². The summed E-state index contributed by atoms with van der Waals surface area (Å²) in [6.07, 6.45) is 1.61. The zero-order valence-corrected chi connectivity index (χ0v) is 15.3. The van der Waals surface area contributed by atoms with Gasteiger partial charge >= 0.3 is 0 Å². The number of rotatable bonds is 5. The number of carbonyl (C=O) groups excluding carboxylic acids is 1. The summed E-state index contributed by atoms with van der Waals surface area (Å²) in [5, 5.41) is 2.91. The topological polar surface area (TPSA) is 79.0 Å². The molecule has 0 aromatic heterocycles. The minimum atomic E-state index is -3.47. The molecule has 0 unspecified atom stereocenters. The van der Waals surface area contributed by atoms with Crippen molar-refractivity contribution in [2.75, 3.05) is 33.3 Å². The van der Waals surface area contributed by atoms with Crippen LogP contribution >= 0.6 is 0 Å². The molecule has 2 fully saturated rings. The molecule has 2 heterocycles. The van der Waals surface area contributed by atoms with E-state index in [4.69, 9.17) is 4.74 Å². The second kappa shape index (κ2) is 7.46. The first kappa shape index (κ1) is 18.6. The molecular weight excluding hydrogens is 318 g/mol. The fourth-order valence-corrected chi connectivity index (χ4v) is 5.24. The molecule has 2 rings (SSSR count). The minimum Gasteiger partial charge on any atom is -0.381 e. The van der Waals surface area contributed by atoms with Crippen LogP contribution in [-0.4, -0.2) is 68.4 Å². The molecule has 0 radical (unpaired) electrons. The van der Waals surface area contributed by atoms with Gasteiger partial charge in [0.2, 0.25) is 5.91 Å². The number of ether oxygens (including phenoxy) is 1. The Kier molecular flexibility index (Phi) is 6.05.